The van der Waals surface area contributed by atoms with Crippen molar-refractivity contribution in [2.75, 3.05) is 26.1 Å². The van der Waals surface area contributed by atoms with Gasteiger partial charge in [0.25, 0.3) is 5.91 Å². The highest BCUT2D eigenvalue weighted by Crippen LogP contribution is 2.10. The molecule has 1 aromatic rings. The molecule has 0 aliphatic heterocycles. The molecule has 0 radical (unpaired) electrons. The molecule has 0 unspecified atom stereocenters. The number of halogens is 1. The molecule has 0 aliphatic carbocycles. The first-order valence-electron chi connectivity index (χ1n) is 6.42. The first kappa shape index (κ1) is 16.3. The first-order chi connectivity index (χ1) is 9.67. The van der Waals surface area contributed by atoms with Gasteiger partial charge in [-0.3, -0.25) is 9.59 Å². The van der Waals surface area contributed by atoms with Crippen LogP contribution in [-0.4, -0.2) is 37.9 Å². The van der Waals surface area contributed by atoms with Crippen molar-refractivity contribution in [3.63, 3.8) is 0 Å². The van der Waals surface area contributed by atoms with Gasteiger partial charge in [0.2, 0.25) is 5.91 Å². The number of rotatable bonds is 8. The summed E-state index contributed by atoms with van der Waals surface area (Å²) in [5.74, 6) is 0.946. The third kappa shape index (κ3) is 5.93. The van der Waals surface area contributed by atoms with E-state index in [0.29, 0.717) is 43.1 Å². The van der Waals surface area contributed by atoms with E-state index >= 15 is 0 Å². The summed E-state index contributed by atoms with van der Waals surface area (Å²) >= 11 is 5.49. The van der Waals surface area contributed by atoms with Crippen LogP contribution >= 0.6 is 11.6 Å². The van der Waals surface area contributed by atoms with Gasteiger partial charge in [0.1, 0.15) is 5.75 Å². The van der Waals surface area contributed by atoms with Crippen LogP contribution in [0.2, 0.25) is 0 Å². The summed E-state index contributed by atoms with van der Waals surface area (Å²) in [4.78, 5) is 23.1. The van der Waals surface area contributed by atoms with Crippen LogP contribution in [0.25, 0.3) is 0 Å². The number of hydrogen-bond acceptors (Lipinski definition) is 3. The molecule has 5 nitrogen and oxygen atoms in total. The number of ether oxygens (including phenoxy) is 1. The Morgan fingerprint density at radius 1 is 1.15 bits per heavy atom. The Bertz CT molecular complexity index is 435. The molecule has 0 saturated carbocycles. The molecule has 110 valence electrons. The van der Waals surface area contributed by atoms with Gasteiger partial charge in [0.15, 0.2) is 0 Å². The van der Waals surface area contributed by atoms with E-state index in [0.717, 1.165) is 0 Å². The number of methoxy groups -OCH3 is 1. The third-order valence-corrected chi connectivity index (χ3v) is 2.89. The second-order valence-electron chi connectivity index (χ2n) is 4.13. The van der Waals surface area contributed by atoms with Crippen LogP contribution in [-0.2, 0) is 4.79 Å². The van der Waals surface area contributed by atoms with E-state index in [1.165, 1.54) is 0 Å². The Morgan fingerprint density at radius 2 is 1.80 bits per heavy atom. The second-order valence-corrected chi connectivity index (χ2v) is 4.50. The molecule has 1 rings (SSSR count). The van der Waals surface area contributed by atoms with E-state index in [2.05, 4.69) is 10.6 Å². The van der Waals surface area contributed by atoms with Gasteiger partial charge in [-0.1, -0.05) is 0 Å². The Morgan fingerprint density at radius 3 is 2.40 bits per heavy atom. The highest BCUT2D eigenvalue weighted by molar-refractivity contribution is 6.17. The number of carbonyl (C=O) groups is 2. The summed E-state index contributed by atoms with van der Waals surface area (Å²) < 4.78 is 5.02. The van der Waals surface area contributed by atoms with Crippen molar-refractivity contribution in [2.24, 2.45) is 0 Å². The molecule has 0 aliphatic rings. The van der Waals surface area contributed by atoms with E-state index < -0.39 is 0 Å². The van der Waals surface area contributed by atoms with Crippen LogP contribution in [0.3, 0.4) is 0 Å². The molecule has 20 heavy (non-hydrogen) atoms. The summed E-state index contributed by atoms with van der Waals surface area (Å²) in [6.07, 6.45) is 1.07. The van der Waals surface area contributed by atoms with E-state index in [1.54, 1.807) is 31.4 Å². The molecule has 6 heteroatoms. The lowest BCUT2D eigenvalue weighted by molar-refractivity contribution is -0.121. The van der Waals surface area contributed by atoms with Gasteiger partial charge in [-0.2, -0.15) is 0 Å². The van der Waals surface area contributed by atoms with Crippen LogP contribution in [0.1, 0.15) is 23.2 Å². The zero-order valence-corrected chi connectivity index (χ0v) is 12.2. The minimum Gasteiger partial charge on any atom is -0.497 e. The lowest BCUT2D eigenvalue weighted by Gasteiger charge is -2.07. The van der Waals surface area contributed by atoms with Crippen LogP contribution in [0.4, 0.5) is 0 Å². The summed E-state index contributed by atoms with van der Waals surface area (Å²) in [5, 5.41) is 5.44. The van der Waals surface area contributed by atoms with Gasteiger partial charge in [-0.15, -0.1) is 11.6 Å². The molecule has 0 spiro atoms. The fraction of sp³-hybridized carbons (Fsp3) is 0.429. The summed E-state index contributed by atoms with van der Waals surface area (Å²) in [7, 11) is 1.57. The molecule has 0 aromatic heterocycles. The SMILES string of the molecule is COc1ccc(C(=O)NCCNC(=O)CCCCl)cc1. The number of benzene rings is 1. The zero-order valence-electron chi connectivity index (χ0n) is 11.4. The summed E-state index contributed by atoms with van der Waals surface area (Å²) in [6.45, 7) is 0.792. The largest absolute Gasteiger partial charge is 0.497 e. The fourth-order valence-electron chi connectivity index (χ4n) is 1.54. The maximum atomic E-state index is 11.8. The average molecular weight is 299 g/mol. The molecule has 0 bridgehead atoms. The van der Waals surface area contributed by atoms with Crippen LogP contribution in [0.5, 0.6) is 5.75 Å². The molecule has 0 fully saturated rings. The first-order valence-corrected chi connectivity index (χ1v) is 6.95. The maximum Gasteiger partial charge on any atom is 0.251 e. The second kappa shape index (κ2) is 9.20. The highest BCUT2D eigenvalue weighted by Gasteiger charge is 2.05. The molecule has 0 heterocycles. The normalized spacial score (nSPS) is 9.90. The Kier molecular flexibility index (Phi) is 7.50. The van der Waals surface area contributed by atoms with Gasteiger partial charge < -0.3 is 15.4 Å². The van der Waals surface area contributed by atoms with E-state index in [9.17, 15) is 9.59 Å². The Hall–Kier alpha value is -1.75. The van der Waals surface area contributed by atoms with Gasteiger partial charge in [0.05, 0.1) is 7.11 Å². The Labute approximate surface area is 123 Å². The smallest absolute Gasteiger partial charge is 0.251 e. The fourth-order valence-corrected chi connectivity index (χ4v) is 1.67. The summed E-state index contributed by atoms with van der Waals surface area (Å²) in [5.41, 5.74) is 0.555. The highest BCUT2D eigenvalue weighted by atomic mass is 35.5. The number of nitrogens with one attached hydrogen (secondary N) is 2. The molecule has 0 saturated heterocycles. The van der Waals surface area contributed by atoms with Gasteiger partial charge in [0, 0.05) is 31.0 Å². The molecular formula is C14H19ClN2O3. The van der Waals surface area contributed by atoms with E-state index in [1.807, 2.05) is 0 Å². The predicted molar refractivity (Wildman–Crippen MR) is 78.3 cm³/mol. The maximum absolute atomic E-state index is 11.8. The van der Waals surface area contributed by atoms with E-state index in [4.69, 9.17) is 16.3 Å². The monoisotopic (exact) mass is 298 g/mol. The van der Waals surface area contributed by atoms with Crippen LogP contribution in [0, 0.1) is 0 Å². The average Bonchev–Trinajstić information content (AvgIpc) is 2.49. The van der Waals surface area contributed by atoms with Crippen molar-refractivity contribution in [3.8, 4) is 5.75 Å². The molecule has 0 atom stereocenters. The quantitative estimate of drug-likeness (QED) is 0.565. The van der Waals surface area contributed by atoms with Crippen molar-refractivity contribution < 1.29 is 14.3 Å². The van der Waals surface area contributed by atoms with E-state index in [-0.39, 0.29) is 11.8 Å². The van der Waals surface area contributed by atoms with Crippen LogP contribution < -0.4 is 15.4 Å². The van der Waals surface area contributed by atoms with Gasteiger partial charge in [-0.25, -0.2) is 0 Å². The molecular weight excluding hydrogens is 280 g/mol. The minimum absolute atomic E-state index is 0.0515. The number of carbonyl (C=O) groups excluding carboxylic acids is 2. The summed E-state index contributed by atoms with van der Waals surface area (Å²) in [6, 6.07) is 6.83. The lowest BCUT2D eigenvalue weighted by Crippen LogP contribution is -2.34. The Balaban J connectivity index is 2.24. The number of amides is 2. The van der Waals surface area contributed by atoms with Crippen molar-refractivity contribution in [1.82, 2.24) is 10.6 Å². The van der Waals surface area contributed by atoms with Gasteiger partial charge in [-0.05, 0) is 30.7 Å². The lowest BCUT2D eigenvalue weighted by atomic mass is 10.2. The van der Waals surface area contributed by atoms with Crippen molar-refractivity contribution >= 4 is 23.4 Å². The number of alkyl halides is 1. The van der Waals surface area contributed by atoms with Crippen LogP contribution in [0.15, 0.2) is 24.3 Å². The molecule has 1 aromatic carbocycles. The van der Waals surface area contributed by atoms with Gasteiger partial charge >= 0.3 is 0 Å². The predicted octanol–water partition coefficient (Wildman–Crippen LogP) is 1.56. The minimum atomic E-state index is -0.178. The van der Waals surface area contributed by atoms with Crippen molar-refractivity contribution in [1.29, 1.82) is 0 Å². The molecule has 2 amide bonds. The molecule has 2 N–H and O–H groups in total. The zero-order chi connectivity index (χ0) is 14.8. The topological polar surface area (TPSA) is 67.4 Å². The van der Waals surface area contributed by atoms with Crippen molar-refractivity contribution in [3.05, 3.63) is 29.8 Å². The standard InChI is InChI=1S/C14H19ClN2O3/c1-20-12-6-4-11(5-7-12)14(19)17-10-9-16-13(18)3-2-8-15/h4-7H,2-3,8-10H2,1H3,(H,16,18)(H,17,19). The third-order valence-electron chi connectivity index (χ3n) is 2.62. The number of hydrogen-bond donors (Lipinski definition) is 2. The van der Waals surface area contributed by atoms with Crippen molar-refractivity contribution in [2.45, 2.75) is 12.8 Å².